The molecule has 4 N–H and O–H groups in total. The summed E-state index contributed by atoms with van der Waals surface area (Å²) in [5.41, 5.74) is 14.7. The number of nitrogens with two attached hydrogens (primary N) is 2. The molecule has 3 rings (SSSR count). The van der Waals surface area contributed by atoms with E-state index in [4.69, 9.17) is 11.5 Å². The van der Waals surface area contributed by atoms with Gasteiger partial charge in [-0.1, -0.05) is 6.07 Å². The minimum absolute atomic E-state index is 0.429. The third-order valence-electron chi connectivity index (χ3n) is 3.27. The molecule has 0 saturated heterocycles. The summed E-state index contributed by atoms with van der Waals surface area (Å²) in [5.74, 6) is 1.76. The van der Waals surface area contributed by atoms with Crippen LogP contribution in [-0.4, -0.2) is 21.2 Å². The molecule has 0 bridgehead atoms. The molecular formula is C15H15N5S. The second-order valence-corrected chi connectivity index (χ2v) is 5.52. The first-order valence-corrected chi connectivity index (χ1v) is 7.83. The fraction of sp³-hybridized carbons (Fsp3) is 0.133. The Hall–Kier alpha value is -2.34. The van der Waals surface area contributed by atoms with Crippen LogP contribution in [0.1, 0.15) is 5.56 Å². The Kier molecular flexibility index (Phi) is 3.62. The Labute approximate surface area is 126 Å². The zero-order valence-corrected chi connectivity index (χ0v) is 12.4. The minimum atomic E-state index is 0.429. The van der Waals surface area contributed by atoms with E-state index < -0.39 is 0 Å². The van der Waals surface area contributed by atoms with Gasteiger partial charge in [0, 0.05) is 40.7 Å². The number of anilines is 2. The normalized spacial score (nSPS) is 10.9. The molecule has 0 radical (unpaired) electrons. The van der Waals surface area contributed by atoms with Gasteiger partial charge in [0.25, 0.3) is 0 Å². The van der Waals surface area contributed by atoms with Gasteiger partial charge in [-0.25, -0.2) is 9.97 Å². The molecule has 0 saturated carbocycles. The number of thioether (sulfide) groups is 1. The Bertz CT molecular complexity index is 803. The van der Waals surface area contributed by atoms with Crippen molar-refractivity contribution in [2.75, 3.05) is 17.7 Å². The van der Waals surface area contributed by atoms with Crippen LogP contribution in [0.3, 0.4) is 0 Å². The van der Waals surface area contributed by atoms with Gasteiger partial charge in [0.2, 0.25) is 0 Å². The smallest absolute Gasteiger partial charge is 0.131 e. The van der Waals surface area contributed by atoms with Crippen LogP contribution in [0.15, 0.2) is 36.8 Å². The first-order chi connectivity index (χ1) is 10.2. The molecule has 0 atom stereocenters. The van der Waals surface area contributed by atoms with Crippen molar-refractivity contribution in [3.63, 3.8) is 0 Å². The molecular weight excluding hydrogens is 282 g/mol. The van der Waals surface area contributed by atoms with E-state index in [-0.39, 0.29) is 0 Å². The van der Waals surface area contributed by atoms with Gasteiger partial charge >= 0.3 is 0 Å². The van der Waals surface area contributed by atoms with E-state index in [0.29, 0.717) is 11.6 Å². The number of hydrogen-bond donors (Lipinski definition) is 2. The van der Waals surface area contributed by atoms with Crippen LogP contribution in [0, 0.1) is 0 Å². The maximum absolute atomic E-state index is 5.95. The molecule has 0 amide bonds. The Morgan fingerprint density at radius 1 is 1.10 bits per heavy atom. The highest BCUT2D eigenvalue weighted by Gasteiger charge is 2.12. The van der Waals surface area contributed by atoms with Gasteiger partial charge in [-0.2, -0.15) is 11.8 Å². The van der Waals surface area contributed by atoms with E-state index in [1.165, 1.54) is 0 Å². The van der Waals surface area contributed by atoms with Crippen LogP contribution in [0.2, 0.25) is 0 Å². The number of nitrogen functional groups attached to an aromatic ring is 2. The minimum Gasteiger partial charge on any atom is -0.384 e. The predicted octanol–water partition coefficient (Wildman–Crippen LogP) is 2.72. The van der Waals surface area contributed by atoms with Crippen molar-refractivity contribution < 1.29 is 0 Å². The Morgan fingerprint density at radius 2 is 1.95 bits per heavy atom. The summed E-state index contributed by atoms with van der Waals surface area (Å²) in [6, 6.07) is 5.77. The van der Waals surface area contributed by atoms with E-state index in [1.54, 1.807) is 36.4 Å². The maximum atomic E-state index is 5.95. The molecule has 106 valence electrons. The van der Waals surface area contributed by atoms with Gasteiger partial charge < -0.3 is 11.5 Å². The van der Waals surface area contributed by atoms with Crippen molar-refractivity contribution in [1.29, 1.82) is 0 Å². The highest BCUT2D eigenvalue weighted by atomic mass is 32.2. The number of nitrogens with zero attached hydrogens (tertiary/aromatic N) is 3. The molecule has 0 aromatic carbocycles. The van der Waals surface area contributed by atoms with E-state index >= 15 is 0 Å². The van der Waals surface area contributed by atoms with Crippen molar-refractivity contribution in [1.82, 2.24) is 15.0 Å². The molecule has 0 spiro atoms. The first kappa shape index (κ1) is 13.6. The second kappa shape index (κ2) is 5.57. The fourth-order valence-electron chi connectivity index (χ4n) is 2.31. The van der Waals surface area contributed by atoms with E-state index in [1.807, 2.05) is 6.07 Å². The molecule has 3 aromatic rings. The number of rotatable bonds is 3. The highest BCUT2D eigenvalue weighted by Crippen LogP contribution is 2.32. The summed E-state index contributed by atoms with van der Waals surface area (Å²) < 4.78 is 0. The monoisotopic (exact) mass is 297 g/mol. The van der Waals surface area contributed by atoms with Gasteiger partial charge in [-0.3, -0.25) is 4.98 Å². The van der Waals surface area contributed by atoms with Crippen LogP contribution in [0.25, 0.3) is 22.0 Å². The first-order valence-electron chi connectivity index (χ1n) is 6.43. The lowest BCUT2D eigenvalue weighted by molar-refractivity contribution is 1.24. The maximum Gasteiger partial charge on any atom is 0.131 e. The predicted molar refractivity (Wildman–Crippen MR) is 88.8 cm³/mol. The molecule has 3 heterocycles. The van der Waals surface area contributed by atoms with Crippen LogP contribution >= 0.6 is 11.8 Å². The van der Waals surface area contributed by atoms with E-state index in [9.17, 15) is 0 Å². The molecule has 0 aliphatic heterocycles. The average Bonchev–Trinajstić information content (AvgIpc) is 2.49. The number of fused-ring (bicyclic) bond motifs is 1. The molecule has 0 unspecified atom stereocenters. The third kappa shape index (κ3) is 2.50. The van der Waals surface area contributed by atoms with Gasteiger partial charge in [-0.15, -0.1) is 0 Å². The van der Waals surface area contributed by atoms with E-state index in [0.717, 1.165) is 33.3 Å². The van der Waals surface area contributed by atoms with Gasteiger partial charge in [0.1, 0.15) is 11.6 Å². The largest absolute Gasteiger partial charge is 0.384 e. The van der Waals surface area contributed by atoms with Crippen LogP contribution in [-0.2, 0) is 5.75 Å². The average molecular weight is 297 g/mol. The van der Waals surface area contributed by atoms with Crippen LogP contribution in [0.5, 0.6) is 0 Å². The lowest BCUT2D eigenvalue weighted by atomic mass is 10.0. The van der Waals surface area contributed by atoms with Gasteiger partial charge in [-0.05, 0) is 24.0 Å². The standard InChI is InChI=1S/C15H15N5S/c1-21-8-9-3-2-4-18-14(9)12-7-20-15(17)10-5-13(16)19-6-11(10)12/h2-7H,8H2,1H3,(H2,16,19)(H2,17,20). The zero-order chi connectivity index (χ0) is 14.8. The van der Waals surface area contributed by atoms with Gasteiger partial charge in [0.05, 0.1) is 5.69 Å². The fourth-order valence-corrected chi connectivity index (χ4v) is 2.86. The number of aromatic nitrogens is 3. The lowest BCUT2D eigenvalue weighted by Crippen LogP contribution is -1.99. The van der Waals surface area contributed by atoms with E-state index in [2.05, 4.69) is 27.3 Å². The SMILES string of the molecule is CSCc1cccnc1-c1cnc(N)c2cc(N)ncc12. The zero-order valence-electron chi connectivity index (χ0n) is 11.6. The van der Waals surface area contributed by atoms with Crippen molar-refractivity contribution in [3.05, 3.63) is 42.4 Å². The summed E-state index contributed by atoms with van der Waals surface area (Å²) in [5, 5.41) is 1.72. The van der Waals surface area contributed by atoms with Crippen LogP contribution < -0.4 is 11.5 Å². The van der Waals surface area contributed by atoms with Gasteiger partial charge in [0.15, 0.2) is 0 Å². The summed E-state index contributed by atoms with van der Waals surface area (Å²) in [6.45, 7) is 0. The van der Waals surface area contributed by atoms with Crippen LogP contribution in [0.4, 0.5) is 11.6 Å². The molecule has 0 aliphatic rings. The Balaban J connectivity index is 2.29. The molecule has 5 nitrogen and oxygen atoms in total. The number of hydrogen-bond acceptors (Lipinski definition) is 6. The summed E-state index contributed by atoms with van der Waals surface area (Å²) in [6.07, 6.45) is 7.34. The van der Waals surface area contributed by atoms with Crippen molar-refractivity contribution in [3.8, 4) is 11.3 Å². The lowest BCUT2D eigenvalue weighted by Gasteiger charge is -2.11. The number of pyridine rings is 3. The summed E-state index contributed by atoms with van der Waals surface area (Å²) in [4.78, 5) is 13.0. The summed E-state index contributed by atoms with van der Waals surface area (Å²) in [7, 11) is 0. The second-order valence-electron chi connectivity index (χ2n) is 4.66. The topological polar surface area (TPSA) is 90.7 Å². The molecule has 3 aromatic heterocycles. The quantitative estimate of drug-likeness (QED) is 0.772. The Morgan fingerprint density at radius 3 is 2.76 bits per heavy atom. The third-order valence-corrected chi connectivity index (χ3v) is 3.87. The molecule has 6 heteroatoms. The van der Waals surface area contributed by atoms with Crippen molar-refractivity contribution >= 4 is 34.2 Å². The van der Waals surface area contributed by atoms with Crippen molar-refractivity contribution in [2.24, 2.45) is 0 Å². The molecule has 0 fully saturated rings. The summed E-state index contributed by atoms with van der Waals surface area (Å²) >= 11 is 1.75. The molecule has 0 aliphatic carbocycles. The highest BCUT2D eigenvalue weighted by molar-refractivity contribution is 7.97. The van der Waals surface area contributed by atoms with Crippen molar-refractivity contribution in [2.45, 2.75) is 5.75 Å². The molecule has 21 heavy (non-hydrogen) atoms.